The summed E-state index contributed by atoms with van der Waals surface area (Å²) < 4.78 is 30.2. The van der Waals surface area contributed by atoms with Crippen LogP contribution in [0.15, 0.2) is 35.2 Å². The number of ether oxygens (including phenoxy) is 1. The Balaban J connectivity index is 1.78. The third-order valence-electron chi connectivity index (χ3n) is 3.78. The highest BCUT2D eigenvalue weighted by molar-refractivity contribution is 7.91. The van der Waals surface area contributed by atoms with Crippen LogP contribution in [0.2, 0.25) is 0 Å². The van der Waals surface area contributed by atoms with E-state index in [1.54, 1.807) is 24.3 Å². The fraction of sp³-hybridized carbons (Fsp3) is 0.625. The van der Waals surface area contributed by atoms with Gasteiger partial charge in [-0.1, -0.05) is 18.2 Å². The van der Waals surface area contributed by atoms with Gasteiger partial charge in [-0.25, -0.2) is 8.42 Å². The minimum atomic E-state index is -3.16. The number of nitrogens with zero attached hydrogens (tertiary/aromatic N) is 2. The molecule has 6 heteroatoms. The number of benzene rings is 1. The second-order valence-electron chi connectivity index (χ2n) is 6.04. The lowest BCUT2D eigenvalue weighted by molar-refractivity contribution is -0.0378. The predicted octanol–water partition coefficient (Wildman–Crippen LogP) is 1.11. The maximum absolute atomic E-state index is 12.2. The standard InChI is InChI=1S/C16H26N2O3S/c1-17(2)13-15-14-18(10-11-21-15)9-6-12-22(19,20)16-7-4-3-5-8-16/h3-5,7-8,15H,6,9-14H2,1-2H3/t15-/m1/s1. The van der Waals surface area contributed by atoms with E-state index in [0.29, 0.717) is 11.3 Å². The highest BCUT2D eigenvalue weighted by Crippen LogP contribution is 2.12. The van der Waals surface area contributed by atoms with E-state index in [9.17, 15) is 8.42 Å². The zero-order valence-corrected chi connectivity index (χ0v) is 14.3. The molecule has 0 spiro atoms. The Morgan fingerprint density at radius 1 is 1.27 bits per heavy atom. The summed E-state index contributed by atoms with van der Waals surface area (Å²) in [5.41, 5.74) is 0. The minimum Gasteiger partial charge on any atom is -0.374 e. The molecule has 0 aliphatic carbocycles. The van der Waals surface area contributed by atoms with Gasteiger partial charge in [0.05, 0.1) is 23.4 Å². The Labute approximate surface area is 133 Å². The number of rotatable bonds is 7. The molecule has 0 aromatic heterocycles. The molecule has 1 aromatic carbocycles. The molecular weight excluding hydrogens is 300 g/mol. The van der Waals surface area contributed by atoms with E-state index < -0.39 is 9.84 Å². The molecule has 1 saturated heterocycles. The lowest BCUT2D eigenvalue weighted by Gasteiger charge is -2.34. The van der Waals surface area contributed by atoms with Crippen molar-refractivity contribution >= 4 is 9.84 Å². The molecule has 0 N–H and O–H groups in total. The first kappa shape index (κ1) is 17.4. The van der Waals surface area contributed by atoms with E-state index in [1.807, 2.05) is 20.2 Å². The van der Waals surface area contributed by atoms with Crippen molar-refractivity contribution in [3.05, 3.63) is 30.3 Å². The zero-order valence-electron chi connectivity index (χ0n) is 13.4. The summed E-state index contributed by atoms with van der Waals surface area (Å²) in [7, 11) is 0.913. The van der Waals surface area contributed by atoms with Crippen LogP contribution in [0.4, 0.5) is 0 Å². The van der Waals surface area contributed by atoms with E-state index >= 15 is 0 Å². The molecule has 22 heavy (non-hydrogen) atoms. The van der Waals surface area contributed by atoms with Crippen LogP contribution in [0, 0.1) is 0 Å². The molecular formula is C16H26N2O3S. The van der Waals surface area contributed by atoms with Crippen LogP contribution < -0.4 is 0 Å². The molecule has 5 nitrogen and oxygen atoms in total. The molecule has 1 aliphatic heterocycles. The second-order valence-corrected chi connectivity index (χ2v) is 8.15. The van der Waals surface area contributed by atoms with E-state index in [0.717, 1.165) is 32.8 Å². The molecule has 2 rings (SSSR count). The fourth-order valence-electron chi connectivity index (χ4n) is 2.73. The maximum Gasteiger partial charge on any atom is 0.178 e. The first-order valence-corrected chi connectivity index (χ1v) is 9.39. The summed E-state index contributed by atoms with van der Waals surface area (Å²) in [6.45, 7) is 4.20. The molecule has 0 unspecified atom stereocenters. The van der Waals surface area contributed by atoms with Crippen LogP contribution in [0.5, 0.6) is 0 Å². The lowest BCUT2D eigenvalue weighted by atomic mass is 10.2. The smallest absolute Gasteiger partial charge is 0.178 e. The van der Waals surface area contributed by atoms with Crippen molar-refractivity contribution in [3.63, 3.8) is 0 Å². The lowest BCUT2D eigenvalue weighted by Crippen LogP contribution is -2.46. The Morgan fingerprint density at radius 2 is 2.00 bits per heavy atom. The highest BCUT2D eigenvalue weighted by atomic mass is 32.2. The number of hydrogen-bond acceptors (Lipinski definition) is 5. The summed E-state index contributed by atoms with van der Waals surface area (Å²) in [4.78, 5) is 4.84. The minimum absolute atomic E-state index is 0.201. The SMILES string of the molecule is CN(C)C[C@@H]1CN(CCCS(=O)(=O)c2ccccc2)CCO1. The number of hydrogen-bond donors (Lipinski definition) is 0. The highest BCUT2D eigenvalue weighted by Gasteiger charge is 2.21. The average Bonchev–Trinajstić information content (AvgIpc) is 2.48. The van der Waals surface area contributed by atoms with Gasteiger partial charge in [0.2, 0.25) is 0 Å². The summed E-state index contributed by atoms with van der Waals surface area (Å²) in [6, 6.07) is 8.69. The first-order valence-electron chi connectivity index (χ1n) is 7.74. The van der Waals surface area contributed by atoms with Gasteiger partial charge >= 0.3 is 0 Å². The largest absolute Gasteiger partial charge is 0.374 e. The molecule has 124 valence electrons. The van der Waals surface area contributed by atoms with Gasteiger partial charge in [-0.05, 0) is 39.2 Å². The Kier molecular flexibility index (Phi) is 6.37. The normalized spacial score (nSPS) is 20.4. The molecule has 1 heterocycles. The zero-order chi connectivity index (χ0) is 16.0. The van der Waals surface area contributed by atoms with E-state index in [-0.39, 0.29) is 11.9 Å². The molecule has 0 amide bonds. The van der Waals surface area contributed by atoms with E-state index in [4.69, 9.17) is 4.74 Å². The maximum atomic E-state index is 12.2. The Bertz CT molecular complexity index is 546. The molecule has 1 atom stereocenters. The van der Waals surface area contributed by atoms with Crippen LogP contribution >= 0.6 is 0 Å². The Hall–Kier alpha value is -0.950. The van der Waals surface area contributed by atoms with Gasteiger partial charge < -0.3 is 9.64 Å². The predicted molar refractivity (Wildman–Crippen MR) is 87.8 cm³/mol. The van der Waals surface area contributed by atoms with Gasteiger partial charge in [-0.3, -0.25) is 4.90 Å². The quantitative estimate of drug-likeness (QED) is 0.751. The van der Waals surface area contributed by atoms with Crippen molar-refractivity contribution in [2.45, 2.75) is 17.4 Å². The number of likely N-dealkylation sites (N-methyl/N-ethyl adjacent to an activating group) is 1. The summed E-state index contributed by atoms with van der Waals surface area (Å²) in [5, 5.41) is 0. The van der Waals surface area contributed by atoms with Crippen LogP contribution in [0.25, 0.3) is 0 Å². The van der Waals surface area contributed by atoms with Crippen LogP contribution in [0.3, 0.4) is 0 Å². The van der Waals surface area contributed by atoms with Gasteiger partial charge in [-0.2, -0.15) is 0 Å². The summed E-state index contributed by atoms with van der Waals surface area (Å²) in [6.07, 6.45) is 0.876. The van der Waals surface area contributed by atoms with Gasteiger partial charge in [-0.15, -0.1) is 0 Å². The van der Waals surface area contributed by atoms with Crippen LogP contribution in [0.1, 0.15) is 6.42 Å². The van der Waals surface area contributed by atoms with Gasteiger partial charge in [0, 0.05) is 19.6 Å². The van der Waals surface area contributed by atoms with Crippen molar-refractivity contribution in [3.8, 4) is 0 Å². The molecule has 1 fully saturated rings. The molecule has 1 aliphatic rings. The third kappa shape index (κ3) is 5.35. The van der Waals surface area contributed by atoms with Crippen molar-refractivity contribution in [2.24, 2.45) is 0 Å². The molecule has 1 aromatic rings. The van der Waals surface area contributed by atoms with Crippen LogP contribution in [-0.2, 0) is 14.6 Å². The second kappa shape index (κ2) is 8.06. The Morgan fingerprint density at radius 3 is 2.68 bits per heavy atom. The molecule has 0 saturated carbocycles. The van der Waals surface area contributed by atoms with E-state index in [2.05, 4.69) is 9.80 Å². The molecule has 0 bridgehead atoms. The molecule has 0 radical (unpaired) electrons. The topological polar surface area (TPSA) is 49.9 Å². The summed E-state index contributed by atoms with van der Waals surface area (Å²) in [5.74, 6) is 0.201. The van der Waals surface area contributed by atoms with Crippen molar-refractivity contribution in [1.29, 1.82) is 0 Å². The average molecular weight is 326 g/mol. The number of sulfone groups is 1. The van der Waals surface area contributed by atoms with Crippen molar-refractivity contribution < 1.29 is 13.2 Å². The van der Waals surface area contributed by atoms with Crippen molar-refractivity contribution in [2.75, 3.05) is 52.6 Å². The fourth-order valence-corrected chi connectivity index (χ4v) is 4.04. The van der Waals surface area contributed by atoms with Crippen LogP contribution in [-0.4, -0.2) is 77.0 Å². The van der Waals surface area contributed by atoms with Gasteiger partial charge in [0.1, 0.15) is 0 Å². The van der Waals surface area contributed by atoms with E-state index in [1.165, 1.54) is 0 Å². The third-order valence-corrected chi connectivity index (χ3v) is 5.60. The first-order chi connectivity index (χ1) is 10.5. The van der Waals surface area contributed by atoms with Gasteiger partial charge in [0.25, 0.3) is 0 Å². The number of morpholine rings is 1. The monoisotopic (exact) mass is 326 g/mol. The summed E-state index contributed by atoms with van der Waals surface area (Å²) >= 11 is 0. The van der Waals surface area contributed by atoms with Gasteiger partial charge in [0.15, 0.2) is 9.84 Å². The van der Waals surface area contributed by atoms with Crippen molar-refractivity contribution in [1.82, 2.24) is 9.80 Å².